The van der Waals surface area contributed by atoms with Crippen molar-refractivity contribution in [3.63, 3.8) is 0 Å². The number of likely N-dealkylation sites (tertiary alicyclic amines) is 1. The molecule has 0 radical (unpaired) electrons. The van der Waals surface area contributed by atoms with E-state index in [9.17, 15) is 9.90 Å². The number of amides is 1. The van der Waals surface area contributed by atoms with Crippen molar-refractivity contribution in [1.82, 2.24) is 4.90 Å². The van der Waals surface area contributed by atoms with Gasteiger partial charge in [-0.2, -0.15) is 0 Å². The number of hydrogen-bond acceptors (Lipinski definition) is 5. The Balaban J connectivity index is 1.65. The Labute approximate surface area is 204 Å². The Morgan fingerprint density at radius 2 is 1.97 bits per heavy atom. The maximum Gasteiger partial charge on any atom is 0.238 e. The second-order valence-corrected chi connectivity index (χ2v) is 9.75. The average molecular weight is 493 g/mol. The number of rotatable bonds is 6. The van der Waals surface area contributed by atoms with E-state index in [0.29, 0.717) is 34.4 Å². The van der Waals surface area contributed by atoms with Gasteiger partial charge in [-0.1, -0.05) is 36.0 Å². The smallest absolute Gasteiger partial charge is 0.238 e. The Morgan fingerprint density at radius 1 is 1.15 bits per heavy atom. The number of methoxy groups -OCH3 is 2. The third-order valence-electron chi connectivity index (χ3n) is 6.98. The van der Waals surface area contributed by atoms with Crippen LogP contribution < -0.4 is 14.8 Å². The lowest BCUT2D eigenvalue weighted by molar-refractivity contribution is -0.135. The number of nitrogens with zero attached hydrogens (tertiary/aromatic N) is 1. The molecule has 6 nitrogen and oxygen atoms in total. The molecule has 1 amide bonds. The SMILES string of the molecule is COc1ccc(OC)c([C@H]2[C@@H]3CCCC[C@]3(O)CCN2CC(=O)Nc2ccc(Cl)cc2Cl)c1. The van der Waals surface area contributed by atoms with Crippen LogP contribution in [0, 0.1) is 5.92 Å². The summed E-state index contributed by atoms with van der Waals surface area (Å²) in [7, 11) is 3.27. The summed E-state index contributed by atoms with van der Waals surface area (Å²) in [5.74, 6) is 1.26. The maximum atomic E-state index is 13.0. The first-order valence-corrected chi connectivity index (χ1v) is 12.0. The molecule has 4 rings (SSSR count). The molecule has 3 atom stereocenters. The molecule has 2 aromatic rings. The Morgan fingerprint density at radius 3 is 2.70 bits per heavy atom. The number of fused-ring (bicyclic) bond motifs is 1. The fourth-order valence-corrected chi connectivity index (χ4v) is 5.82. The number of carbonyl (C=O) groups is 1. The molecule has 2 aromatic carbocycles. The topological polar surface area (TPSA) is 71.0 Å². The highest BCUT2D eigenvalue weighted by Crippen LogP contribution is 2.51. The van der Waals surface area contributed by atoms with Crippen molar-refractivity contribution in [3.05, 3.63) is 52.0 Å². The molecule has 1 saturated carbocycles. The fourth-order valence-electron chi connectivity index (χ4n) is 5.37. The minimum atomic E-state index is -0.747. The molecular formula is C25H30Cl2N2O4. The first-order valence-electron chi connectivity index (χ1n) is 11.3. The van der Waals surface area contributed by atoms with E-state index in [1.807, 2.05) is 18.2 Å². The summed E-state index contributed by atoms with van der Waals surface area (Å²) in [4.78, 5) is 15.2. The molecule has 8 heteroatoms. The van der Waals surface area contributed by atoms with Gasteiger partial charge in [0, 0.05) is 29.1 Å². The summed E-state index contributed by atoms with van der Waals surface area (Å²) < 4.78 is 11.2. The minimum absolute atomic E-state index is 0.00655. The monoisotopic (exact) mass is 492 g/mol. The highest BCUT2D eigenvalue weighted by molar-refractivity contribution is 6.36. The number of ether oxygens (including phenoxy) is 2. The third-order valence-corrected chi connectivity index (χ3v) is 7.53. The van der Waals surface area contributed by atoms with Crippen molar-refractivity contribution in [3.8, 4) is 11.5 Å². The standard InChI is InChI=1S/C25H30Cl2N2O4/c1-32-17-7-9-22(33-2)18(14-17)24-19-5-3-4-10-25(19,31)11-12-29(24)15-23(30)28-21-8-6-16(26)13-20(21)27/h6-9,13-14,19,24,31H,3-5,10-12,15H2,1-2H3,(H,28,30)/t19-,24-,25-/m0/s1. The lowest BCUT2D eigenvalue weighted by Crippen LogP contribution is -2.56. The van der Waals surface area contributed by atoms with Crippen molar-refractivity contribution in [2.24, 2.45) is 5.92 Å². The Kier molecular flexibility index (Phi) is 7.39. The lowest BCUT2D eigenvalue weighted by atomic mass is 9.66. The molecule has 0 bridgehead atoms. The highest BCUT2D eigenvalue weighted by Gasteiger charge is 2.50. The summed E-state index contributed by atoms with van der Waals surface area (Å²) in [6.45, 7) is 0.760. The molecule has 2 aliphatic rings. The van der Waals surface area contributed by atoms with Crippen LogP contribution in [0.15, 0.2) is 36.4 Å². The molecule has 0 spiro atoms. The Bertz CT molecular complexity index is 1020. The normalized spacial score (nSPS) is 25.2. The molecule has 1 aliphatic heterocycles. The number of halogens is 2. The van der Waals surface area contributed by atoms with Gasteiger partial charge in [0.05, 0.1) is 37.1 Å². The van der Waals surface area contributed by atoms with Crippen molar-refractivity contribution < 1.29 is 19.4 Å². The number of nitrogens with one attached hydrogen (secondary N) is 1. The summed E-state index contributed by atoms with van der Waals surface area (Å²) in [6.07, 6.45) is 4.37. The predicted molar refractivity (Wildman–Crippen MR) is 130 cm³/mol. The molecule has 1 saturated heterocycles. The molecule has 1 heterocycles. The maximum absolute atomic E-state index is 13.0. The molecule has 0 aromatic heterocycles. The van der Waals surface area contributed by atoms with E-state index in [4.69, 9.17) is 32.7 Å². The number of aliphatic hydroxyl groups is 1. The van der Waals surface area contributed by atoms with Crippen molar-refractivity contribution in [2.75, 3.05) is 32.6 Å². The molecule has 0 unspecified atom stereocenters. The van der Waals surface area contributed by atoms with Gasteiger partial charge in [-0.3, -0.25) is 9.69 Å². The minimum Gasteiger partial charge on any atom is -0.497 e. The van der Waals surface area contributed by atoms with E-state index in [-0.39, 0.29) is 24.4 Å². The average Bonchev–Trinajstić information content (AvgIpc) is 2.80. The van der Waals surface area contributed by atoms with Crippen LogP contribution in [-0.4, -0.2) is 48.8 Å². The van der Waals surface area contributed by atoms with Gasteiger partial charge in [0.1, 0.15) is 11.5 Å². The van der Waals surface area contributed by atoms with E-state index >= 15 is 0 Å². The van der Waals surface area contributed by atoms with E-state index in [0.717, 1.165) is 37.0 Å². The third kappa shape index (κ3) is 5.09. The molecule has 2 fully saturated rings. The van der Waals surface area contributed by atoms with E-state index < -0.39 is 5.60 Å². The number of piperidine rings is 1. The van der Waals surface area contributed by atoms with Gasteiger partial charge in [-0.05, 0) is 55.7 Å². The highest BCUT2D eigenvalue weighted by atomic mass is 35.5. The van der Waals surface area contributed by atoms with Gasteiger partial charge in [0.25, 0.3) is 0 Å². The van der Waals surface area contributed by atoms with Crippen molar-refractivity contribution in [1.29, 1.82) is 0 Å². The first kappa shape index (κ1) is 24.1. The van der Waals surface area contributed by atoms with Crippen LogP contribution in [0.25, 0.3) is 0 Å². The molecular weight excluding hydrogens is 463 g/mol. The number of carbonyl (C=O) groups excluding carboxylic acids is 1. The summed E-state index contributed by atoms with van der Waals surface area (Å²) in [6, 6.07) is 10.5. The first-order chi connectivity index (χ1) is 15.8. The number of hydrogen-bond donors (Lipinski definition) is 2. The van der Waals surface area contributed by atoms with Crippen molar-refractivity contribution in [2.45, 2.75) is 43.7 Å². The van der Waals surface area contributed by atoms with E-state index in [1.54, 1.807) is 32.4 Å². The quantitative estimate of drug-likeness (QED) is 0.570. The second kappa shape index (κ2) is 10.1. The van der Waals surface area contributed by atoms with Crippen LogP contribution in [0.5, 0.6) is 11.5 Å². The molecule has 178 valence electrons. The van der Waals surface area contributed by atoms with Crippen LogP contribution in [0.3, 0.4) is 0 Å². The summed E-state index contributed by atoms with van der Waals surface area (Å²) in [5, 5.41) is 15.3. The zero-order valence-electron chi connectivity index (χ0n) is 18.9. The largest absolute Gasteiger partial charge is 0.497 e. The molecule has 33 heavy (non-hydrogen) atoms. The van der Waals surface area contributed by atoms with Crippen LogP contribution in [-0.2, 0) is 4.79 Å². The summed E-state index contributed by atoms with van der Waals surface area (Å²) >= 11 is 12.2. The zero-order chi connectivity index (χ0) is 23.6. The summed E-state index contributed by atoms with van der Waals surface area (Å²) in [5.41, 5.74) is 0.704. The van der Waals surface area contributed by atoms with E-state index in [2.05, 4.69) is 10.2 Å². The van der Waals surface area contributed by atoms with Gasteiger partial charge >= 0.3 is 0 Å². The zero-order valence-corrected chi connectivity index (χ0v) is 20.5. The van der Waals surface area contributed by atoms with E-state index in [1.165, 1.54) is 0 Å². The molecule has 1 aliphatic carbocycles. The lowest BCUT2D eigenvalue weighted by Gasteiger charge is -2.52. The van der Waals surface area contributed by atoms with Gasteiger partial charge < -0.3 is 19.9 Å². The number of anilines is 1. The van der Waals surface area contributed by atoms with Gasteiger partial charge in [-0.25, -0.2) is 0 Å². The van der Waals surface area contributed by atoms with Crippen LogP contribution in [0.4, 0.5) is 5.69 Å². The van der Waals surface area contributed by atoms with Crippen LogP contribution in [0.2, 0.25) is 10.0 Å². The van der Waals surface area contributed by atoms with Gasteiger partial charge in [0.15, 0.2) is 0 Å². The van der Waals surface area contributed by atoms with Crippen LogP contribution >= 0.6 is 23.2 Å². The van der Waals surface area contributed by atoms with Gasteiger partial charge in [-0.15, -0.1) is 0 Å². The predicted octanol–water partition coefficient (Wildman–Crippen LogP) is 5.32. The fraction of sp³-hybridized carbons (Fsp3) is 0.480. The van der Waals surface area contributed by atoms with Crippen LogP contribution in [0.1, 0.15) is 43.7 Å². The van der Waals surface area contributed by atoms with Gasteiger partial charge in [0.2, 0.25) is 5.91 Å². The number of benzene rings is 2. The van der Waals surface area contributed by atoms with Crippen molar-refractivity contribution >= 4 is 34.8 Å². The Hall–Kier alpha value is -1.99. The second-order valence-electron chi connectivity index (χ2n) is 8.90. The molecule has 2 N–H and O–H groups in total.